The van der Waals surface area contributed by atoms with Crippen LogP contribution in [-0.2, 0) is 17.5 Å². The molecule has 1 saturated heterocycles. The molecule has 0 bridgehead atoms. The standard InChI is InChI=1S/C24H26F3N5O/c1-14-17(4-3-5-19(14)24(25,26)27)15(2)30-22-18-12-20(16-6-10-33-11-7-16)29-13-21(18)32-9-8-28-23(32)31-22/h3-5,12-13,15-16H,6-11H2,1-2H3,(H,28,30,31)/t15-/m1/s1. The molecule has 33 heavy (non-hydrogen) atoms. The van der Waals surface area contributed by atoms with Crippen LogP contribution in [0.25, 0.3) is 10.9 Å². The minimum Gasteiger partial charge on any atom is -0.381 e. The van der Waals surface area contributed by atoms with Gasteiger partial charge >= 0.3 is 6.18 Å². The molecule has 0 unspecified atom stereocenters. The van der Waals surface area contributed by atoms with Crippen molar-refractivity contribution in [1.82, 2.24) is 14.5 Å². The second kappa shape index (κ2) is 8.44. The summed E-state index contributed by atoms with van der Waals surface area (Å²) >= 11 is 0. The van der Waals surface area contributed by atoms with Crippen LogP contribution in [0.15, 0.2) is 35.5 Å². The van der Waals surface area contributed by atoms with Crippen LogP contribution in [0.3, 0.4) is 0 Å². The number of alkyl halides is 3. The molecule has 1 fully saturated rings. The first-order chi connectivity index (χ1) is 15.8. The molecule has 0 aliphatic carbocycles. The van der Waals surface area contributed by atoms with E-state index in [0.717, 1.165) is 48.6 Å². The number of ether oxygens (including phenoxy) is 1. The Kier molecular flexibility index (Phi) is 5.60. The Bertz CT molecular complexity index is 1260. The van der Waals surface area contributed by atoms with Crippen molar-refractivity contribution in [2.24, 2.45) is 4.99 Å². The molecule has 0 spiro atoms. The van der Waals surface area contributed by atoms with E-state index in [1.54, 1.807) is 6.07 Å². The lowest BCUT2D eigenvalue weighted by Gasteiger charge is -2.22. The van der Waals surface area contributed by atoms with Crippen LogP contribution in [-0.4, -0.2) is 34.3 Å². The molecule has 1 N–H and O–H groups in total. The largest absolute Gasteiger partial charge is 0.416 e. The smallest absolute Gasteiger partial charge is 0.381 e. The van der Waals surface area contributed by atoms with Gasteiger partial charge in [-0.1, -0.05) is 12.1 Å². The Morgan fingerprint density at radius 3 is 2.79 bits per heavy atom. The van der Waals surface area contributed by atoms with Crippen LogP contribution in [0.5, 0.6) is 0 Å². The zero-order valence-corrected chi connectivity index (χ0v) is 18.6. The first-order valence-corrected chi connectivity index (χ1v) is 11.3. The molecule has 0 radical (unpaired) electrons. The summed E-state index contributed by atoms with van der Waals surface area (Å²) in [7, 11) is 0. The summed E-state index contributed by atoms with van der Waals surface area (Å²) in [6.45, 7) is 6.28. The second-order valence-electron chi connectivity index (χ2n) is 8.67. The molecule has 0 amide bonds. The number of anilines is 1. The molecule has 1 atom stereocenters. The molecule has 5 rings (SSSR count). The van der Waals surface area contributed by atoms with Gasteiger partial charge in [0.25, 0.3) is 0 Å². The molecule has 1 aromatic carbocycles. The summed E-state index contributed by atoms with van der Waals surface area (Å²) in [6, 6.07) is 5.81. The average Bonchev–Trinajstić information content (AvgIpc) is 3.27. The molecule has 2 aliphatic heterocycles. The fourth-order valence-electron chi connectivity index (χ4n) is 4.82. The van der Waals surface area contributed by atoms with Crippen molar-refractivity contribution in [3.8, 4) is 0 Å². The van der Waals surface area contributed by atoms with Crippen LogP contribution < -0.4 is 10.8 Å². The van der Waals surface area contributed by atoms with Crippen LogP contribution in [0.1, 0.15) is 54.1 Å². The third-order valence-corrected chi connectivity index (χ3v) is 6.61. The first-order valence-electron chi connectivity index (χ1n) is 11.3. The van der Waals surface area contributed by atoms with E-state index in [4.69, 9.17) is 19.7 Å². The summed E-state index contributed by atoms with van der Waals surface area (Å²) in [6.07, 6.45) is -0.698. The molecule has 4 heterocycles. The minimum absolute atomic E-state index is 0.198. The highest BCUT2D eigenvalue weighted by Crippen LogP contribution is 2.35. The topological polar surface area (TPSA) is 64.3 Å². The predicted molar refractivity (Wildman–Crippen MR) is 119 cm³/mol. The van der Waals surface area contributed by atoms with Crippen molar-refractivity contribution in [3.63, 3.8) is 0 Å². The number of hydrogen-bond donors (Lipinski definition) is 1. The molecule has 3 aromatic rings. The summed E-state index contributed by atoms with van der Waals surface area (Å²) in [5, 5.41) is 4.13. The van der Waals surface area contributed by atoms with Gasteiger partial charge in [0.1, 0.15) is 0 Å². The number of aromatic nitrogens is 3. The monoisotopic (exact) mass is 457 g/mol. The number of rotatable bonds is 3. The van der Waals surface area contributed by atoms with E-state index in [1.807, 2.05) is 13.1 Å². The van der Waals surface area contributed by atoms with Crippen LogP contribution in [0.4, 0.5) is 19.1 Å². The van der Waals surface area contributed by atoms with Crippen molar-refractivity contribution in [2.45, 2.75) is 51.4 Å². The van der Waals surface area contributed by atoms with Gasteiger partial charge in [0.05, 0.1) is 23.3 Å². The fourth-order valence-corrected chi connectivity index (χ4v) is 4.82. The van der Waals surface area contributed by atoms with E-state index in [2.05, 4.69) is 16.0 Å². The maximum Gasteiger partial charge on any atom is 0.416 e. The van der Waals surface area contributed by atoms with Gasteiger partial charge in [-0.2, -0.15) is 18.2 Å². The zero-order valence-electron chi connectivity index (χ0n) is 18.6. The van der Waals surface area contributed by atoms with Crippen molar-refractivity contribution < 1.29 is 17.9 Å². The van der Waals surface area contributed by atoms with Crippen LogP contribution in [0.2, 0.25) is 0 Å². The Morgan fingerprint density at radius 1 is 1.24 bits per heavy atom. The molecule has 2 aliphatic rings. The third kappa shape index (κ3) is 4.10. The van der Waals surface area contributed by atoms with E-state index >= 15 is 0 Å². The number of nitrogens with zero attached hydrogens (tertiary/aromatic N) is 4. The highest BCUT2D eigenvalue weighted by atomic mass is 19.4. The lowest BCUT2D eigenvalue weighted by molar-refractivity contribution is -0.138. The molecule has 174 valence electrons. The second-order valence-corrected chi connectivity index (χ2v) is 8.67. The quantitative estimate of drug-likeness (QED) is 0.617. The summed E-state index contributed by atoms with van der Waals surface area (Å²) in [5.74, 6) is 1.02. The Morgan fingerprint density at radius 2 is 2.03 bits per heavy atom. The molecule has 2 aromatic heterocycles. The van der Waals surface area contributed by atoms with Crippen molar-refractivity contribution in [3.05, 3.63) is 58.3 Å². The SMILES string of the molecule is Cc1c([C@@H](C)N=c2nc3n(c4cnc(C5CCOCC5)cc24)CCN3)cccc1C(F)(F)F. The average molecular weight is 458 g/mol. The number of benzene rings is 1. The Balaban J connectivity index is 1.65. The molecule has 0 saturated carbocycles. The van der Waals surface area contributed by atoms with Gasteiger partial charge in [-0.25, -0.2) is 0 Å². The summed E-state index contributed by atoms with van der Waals surface area (Å²) in [5.41, 5.74) is 2.54. The third-order valence-electron chi connectivity index (χ3n) is 6.61. The number of pyridine rings is 1. The van der Waals surface area contributed by atoms with Gasteiger partial charge in [-0.05, 0) is 49.9 Å². The minimum atomic E-state index is -4.40. The lowest BCUT2D eigenvalue weighted by Crippen LogP contribution is -2.19. The van der Waals surface area contributed by atoms with Crippen molar-refractivity contribution in [1.29, 1.82) is 0 Å². The van der Waals surface area contributed by atoms with E-state index in [1.165, 1.54) is 13.0 Å². The zero-order chi connectivity index (χ0) is 23.2. The highest BCUT2D eigenvalue weighted by Gasteiger charge is 2.33. The van der Waals surface area contributed by atoms with Crippen molar-refractivity contribution in [2.75, 3.05) is 25.1 Å². The van der Waals surface area contributed by atoms with Gasteiger partial charge in [0, 0.05) is 43.3 Å². The van der Waals surface area contributed by atoms with Gasteiger partial charge in [0.15, 0.2) is 5.49 Å². The maximum absolute atomic E-state index is 13.4. The fraction of sp³-hybridized carbons (Fsp3) is 0.458. The van der Waals surface area contributed by atoms with Gasteiger partial charge in [-0.3, -0.25) is 9.98 Å². The number of halogens is 3. The lowest BCUT2D eigenvalue weighted by atomic mass is 9.95. The van der Waals surface area contributed by atoms with Gasteiger partial charge < -0.3 is 14.6 Å². The highest BCUT2D eigenvalue weighted by molar-refractivity contribution is 5.79. The Hall–Kier alpha value is -2.94. The number of hydrogen-bond acceptors (Lipinski definition) is 5. The number of nitrogens with one attached hydrogen (secondary N) is 1. The molecular formula is C24H26F3N5O. The van der Waals surface area contributed by atoms with Crippen molar-refractivity contribution >= 4 is 16.9 Å². The van der Waals surface area contributed by atoms with Crippen LogP contribution >= 0.6 is 0 Å². The van der Waals surface area contributed by atoms with Gasteiger partial charge in [0.2, 0.25) is 5.95 Å². The Labute approximate surface area is 189 Å². The molecular weight excluding hydrogens is 431 g/mol. The van der Waals surface area contributed by atoms with E-state index in [-0.39, 0.29) is 5.56 Å². The first kappa shape index (κ1) is 21.9. The molecule has 6 nitrogen and oxygen atoms in total. The van der Waals surface area contributed by atoms with Gasteiger partial charge in [-0.15, -0.1) is 0 Å². The number of fused-ring (bicyclic) bond motifs is 3. The predicted octanol–water partition coefficient (Wildman–Crippen LogP) is 4.74. The van der Waals surface area contributed by atoms with E-state index in [9.17, 15) is 13.2 Å². The normalized spacial score (nSPS) is 18.4. The van der Waals surface area contributed by atoms with E-state index < -0.39 is 17.8 Å². The summed E-state index contributed by atoms with van der Waals surface area (Å²) < 4.78 is 47.9. The molecule has 9 heteroatoms. The maximum atomic E-state index is 13.4. The summed E-state index contributed by atoms with van der Waals surface area (Å²) in [4.78, 5) is 14.3. The van der Waals surface area contributed by atoms with Crippen LogP contribution in [0, 0.1) is 6.92 Å². The van der Waals surface area contributed by atoms with E-state index in [0.29, 0.717) is 36.1 Å².